The maximum atomic E-state index is 12.1. The van der Waals surface area contributed by atoms with Crippen molar-refractivity contribution in [2.24, 2.45) is 11.3 Å². The Hall–Kier alpha value is -1.32. The molecule has 1 fully saturated rings. The third kappa shape index (κ3) is 2.28. The Balaban J connectivity index is 2.33. The van der Waals surface area contributed by atoms with Gasteiger partial charge in [-0.05, 0) is 24.2 Å². The number of Topliss-reactive ketones (excluding diaryl/α,β-unsaturated/α-hetero) is 1. The van der Waals surface area contributed by atoms with E-state index in [4.69, 9.17) is 5.11 Å². The van der Waals surface area contributed by atoms with Gasteiger partial charge in [0, 0.05) is 25.1 Å². The molecule has 1 amide bonds. The van der Waals surface area contributed by atoms with Crippen LogP contribution in [0.15, 0.2) is 11.1 Å². The fourth-order valence-electron chi connectivity index (χ4n) is 3.20. The fourth-order valence-corrected chi connectivity index (χ4v) is 3.20. The number of amides is 1. The first kappa shape index (κ1) is 13.1. The molecule has 1 aliphatic carbocycles. The van der Waals surface area contributed by atoms with Crippen LogP contribution in [-0.4, -0.2) is 35.0 Å². The first-order valence-corrected chi connectivity index (χ1v) is 6.55. The predicted octanol–water partition coefficient (Wildman–Crippen LogP) is 2.69. The number of nitrogens with zero attached hydrogens (tertiary/aromatic N) is 1. The highest BCUT2D eigenvalue weighted by Crippen LogP contribution is 2.41. The van der Waals surface area contributed by atoms with E-state index in [2.05, 4.69) is 20.8 Å². The number of piperidine rings is 1. The summed E-state index contributed by atoms with van der Waals surface area (Å²) in [6.45, 7) is 7.28. The Labute approximate surface area is 108 Å². The average Bonchev–Trinajstić information content (AvgIpc) is 2.26. The second-order valence-electron chi connectivity index (χ2n) is 6.29. The van der Waals surface area contributed by atoms with Gasteiger partial charge in [-0.25, -0.2) is 4.79 Å². The molecule has 0 aromatic carbocycles. The molecule has 2 rings (SSSR count). The molecule has 0 radical (unpaired) electrons. The number of rotatable bonds is 0. The topological polar surface area (TPSA) is 57.6 Å². The zero-order valence-corrected chi connectivity index (χ0v) is 11.3. The highest BCUT2D eigenvalue weighted by Gasteiger charge is 2.37. The first-order chi connectivity index (χ1) is 8.30. The van der Waals surface area contributed by atoms with Gasteiger partial charge >= 0.3 is 6.09 Å². The molecule has 0 aromatic heterocycles. The average molecular weight is 251 g/mol. The van der Waals surface area contributed by atoms with Gasteiger partial charge in [0.2, 0.25) is 0 Å². The zero-order valence-electron chi connectivity index (χ0n) is 11.3. The molecule has 1 unspecified atom stereocenters. The molecule has 4 heteroatoms. The lowest BCUT2D eigenvalue weighted by atomic mass is 9.70. The Bertz CT molecular complexity index is 417. The Kier molecular flexibility index (Phi) is 3.21. The number of carbonyl (C=O) groups is 2. The number of allylic oxidation sites excluding steroid dienone is 1. The van der Waals surface area contributed by atoms with E-state index in [1.54, 1.807) is 0 Å². The summed E-state index contributed by atoms with van der Waals surface area (Å²) in [7, 11) is 0. The maximum absolute atomic E-state index is 12.1. The van der Waals surface area contributed by atoms with E-state index in [0.717, 1.165) is 18.4 Å². The van der Waals surface area contributed by atoms with E-state index >= 15 is 0 Å². The minimum absolute atomic E-state index is 0.128. The number of carboxylic acid groups (broad SMARTS) is 1. The van der Waals surface area contributed by atoms with Crippen molar-refractivity contribution in [1.29, 1.82) is 0 Å². The lowest BCUT2D eigenvalue weighted by Crippen LogP contribution is -2.43. The van der Waals surface area contributed by atoms with Gasteiger partial charge < -0.3 is 10.0 Å². The maximum Gasteiger partial charge on any atom is 0.407 e. The number of hydrogen-bond donors (Lipinski definition) is 1. The number of hydrogen-bond acceptors (Lipinski definition) is 2. The predicted molar refractivity (Wildman–Crippen MR) is 68.4 cm³/mol. The summed E-state index contributed by atoms with van der Waals surface area (Å²) in [5.74, 6) is 0.513. The zero-order chi connectivity index (χ0) is 13.5. The van der Waals surface area contributed by atoms with Crippen LogP contribution >= 0.6 is 0 Å². The lowest BCUT2D eigenvalue weighted by molar-refractivity contribution is -0.117. The molecule has 100 valence electrons. The molecule has 1 aliphatic heterocycles. The molecule has 1 atom stereocenters. The summed E-state index contributed by atoms with van der Waals surface area (Å²) in [4.78, 5) is 24.6. The normalized spacial score (nSPS) is 25.2. The monoisotopic (exact) mass is 251 g/mol. The van der Waals surface area contributed by atoms with Crippen LogP contribution in [0.3, 0.4) is 0 Å². The van der Waals surface area contributed by atoms with Crippen LogP contribution in [0.2, 0.25) is 0 Å². The van der Waals surface area contributed by atoms with Gasteiger partial charge in [-0.15, -0.1) is 0 Å². The van der Waals surface area contributed by atoms with Crippen LogP contribution in [0, 0.1) is 11.3 Å². The SMILES string of the molecule is CC(C)(C)C1=C2CCN(C(=O)O)CC2CCC1=O. The van der Waals surface area contributed by atoms with Gasteiger partial charge in [0.15, 0.2) is 5.78 Å². The molecule has 0 saturated carbocycles. The van der Waals surface area contributed by atoms with E-state index in [0.29, 0.717) is 19.5 Å². The van der Waals surface area contributed by atoms with Gasteiger partial charge in [-0.3, -0.25) is 4.79 Å². The van der Waals surface area contributed by atoms with E-state index in [-0.39, 0.29) is 17.1 Å². The second-order valence-corrected chi connectivity index (χ2v) is 6.29. The largest absolute Gasteiger partial charge is 0.465 e. The molecule has 18 heavy (non-hydrogen) atoms. The lowest BCUT2D eigenvalue weighted by Gasteiger charge is -2.40. The van der Waals surface area contributed by atoms with Crippen molar-refractivity contribution in [3.8, 4) is 0 Å². The van der Waals surface area contributed by atoms with Crippen LogP contribution in [0.1, 0.15) is 40.0 Å². The van der Waals surface area contributed by atoms with Crippen molar-refractivity contribution in [3.05, 3.63) is 11.1 Å². The number of carbonyl (C=O) groups excluding carboxylic acids is 1. The minimum atomic E-state index is -0.844. The van der Waals surface area contributed by atoms with Crippen LogP contribution in [0.25, 0.3) is 0 Å². The summed E-state index contributed by atoms with van der Waals surface area (Å²) < 4.78 is 0. The van der Waals surface area contributed by atoms with Crippen LogP contribution in [-0.2, 0) is 4.79 Å². The third-order valence-electron chi connectivity index (χ3n) is 3.92. The van der Waals surface area contributed by atoms with Gasteiger partial charge in [0.05, 0.1) is 0 Å². The highest BCUT2D eigenvalue weighted by molar-refractivity contribution is 5.98. The van der Waals surface area contributed by atoms with Crippen molar-refractivity contribution in [2.45, 2.75) is 40.0 Å². The molecule has 1 heterocycles. The van der Waals surface area contributed by atoms with Crippen LogP contribution < -0.4 is 0 Å². The number of fused-ring (bicyclic) bond motifs is 1. The summed E-state index contributed by atoms with van der Waals surface area (Å²) in [6, 6.07) is 0. The molecular weight excluding hydrogens is 230 g/mol. The van der Waals surface area contributed by atoms with Gasteiger partial charge in [-0.1, -0.05) is 26.3 Å². The standard InChI is InChI=1S/C14H21NO3/c1-14(2,3)12-10-6-7-15(13(17)18)8-9(10)4-5-11(12)16/h9H,4-8H2,1-3H3,(H,17,18). The smallest absolute Gasteiger partial charge is 0.407 e. The summed E-state index contributed by atoms with van der Waals surface area (Å²) in [5.41, 5.74) is 2.05. The fraction of sp³-hybridized carbons (Fsp3) is 0.714. The van der Waals surface area contributed by atoms with E-state index in [1.165, 1.54) is 10.5 Å². The molecular formula is C14H21NO3. The van der Waals surface area contributed by atoms with Crippen molar-refractivity contribution in [1.82, 2.24) is 4.90 Å². The molecule has 0 aromatic rings. The molecule has 2 aliphatic rings. The highest BCUT2D eigenvalue weighted by atomic mass is 16.4. The van der Waals surface area contributed by atoms with Crippen molar-refractivity contribution < 1.29 is 14.7 Å². The van der Waals surface area contributed by atoms with Crippen molar-refractivity contribution in [3.63, 3.8) is 0 Å². The quantitative estimate of drug-likeness (QED) is 0.720. The van der Waals surface area contributed by atoms with Crippen LogP contribution in [0.5, 0.6) is 0 Å². The van der Waals surface area contributed by atoms with Gasteiger partial charge in [-0.2, -0.15) is 0 Å². The molecule has 1 N–H and O–H groups in total. The van der Waals surface area contributed by atoms with Crippen molar-refractivity contribution >= 4 is 11.9 Å². The number of ketones is 1. The molecule has 0 bridgehead atoms. The van der Waals surface area contributed by atoms with Gasteiger partial charge in [0.1, 0.15) is 0 Å². The van der Waals surface area contributed by atoms with Crippen molar-refractivity contribution in [2.75, 3.05) is 13.1 Å². The Morgan fingerprint density at radius 1 is 1.33 bits per heavy atom. The minimum Gasteiger partial charge on any atom is -0.465 e. The Morgan fingerprint density at radius 2 is 2.00 bits per heavy atom. The molecule has 1 saturated heterocycles. The summed E-state index contributed by atoms with van der Waals surface area (Å²) in [6.07, 6.45) is 1.24. The summed E-state index contributed by atoms with van der Waals surface area (Å²) >= 11 is 0. The van der Waals surface area contributed by atoms with Gasteiger partial charge in [0.25, 0.3) is 0 Å². The number of likely N-dealkylation sites (tertiary alicyclic amines) is 1. The van der Waals surface area contributed by atoms with Crippen LogP contribution in [0.4, 0.5) is 4.79 Å². The van der Waals surface area contributed by atoms with E-state index in [9.17, 15) is 9.59 Å². The third-order valence-corrected chi connectivity index (χ3v) is 3.92. The summed E-state index contributed by atoms with van der Waals surface area (Å²) in [5, 5.41) is 9.05. The van der Waals surface area contributed by atoms with E-state index in [1.807, 2.05) is 0 Å². The molecule has 0 spiro atoms. The first-order valence-electron chi connectivity index (χ1n) is 6.55. The molecule has 4 nitrogen and oxygen atoms in total. The van der Waals surface area contributed by atoms with E-state index < -0.39 is 6.09 Å². The second kappa shape index (κ2) is 4.41. The Morgan fingerprint density at radius 3 is 2.56 bits per heavy atom.